The molecule has 1 aliphatic carbocycles. The van der Waals surface area contributed by atoms with E-state index in [1.54, 1.807) is 6.33 Å². The number of anilines is 1. The van der Waals surface area contributed by atoms with Gasteiger partial charge >= 0.3 is 0 Å². The van der Waals surface area contributed by atoms with Gasteiger partial charge in [-0.1, -0.05) is 0 Å². The van der Waals surface area contributed by atoms with Crippen LogP contribution in [0.5, 0.6) is 0 Å². The first-order chi connectivity index (χ1) is 11.3. The van der Waals surface area contributed by atoms with Gasteiger partial charge in [0.05, 0.1) is 5.39 Å². The summed E-state index contributed by atoms with van der Waals surface area (Å²) in [5, 5.41) is 8.30. The van der Waals surface area contributed by atoms with E-state index in [4.69, 9.17) is 5.41 Å². The molecule has 0 bridgehead atoms. The maximum atomic E-state index is 7.19. The standard InChI is InChI=1S/C17H24N6/c1-22(17-15-3-5-19-16(15)20-11-21-17)14-7-12-9-23(6-2-4-18)10-13(12)8-14/h3-5,11-14,18H,2,6-10H2,1H3,(H,19,20,21)/t12-,13+,14?. The molecule has 0 aromatic carbocycles. The molecule has 4 rings (SSSR count). The SMILES string of the molecule is CN(c1ncnc2[nH]ccc12)C1C[C@@H]2CN(CCC=N)C[C@@H]2C1. The minimum absolute atomic E-state index is 0.572. The Hall–Kier alpha value is -1.95. The van der Waals surface area contributed by atoms with Crippen LogP contribution in [0, 0.1) is 17.2 Å². The summed E-state index contributed by atoms with van der Waals surface area (Å²) in [6.45, 7) is 3.45. The van der Waals surface area contributed by atoms with E-state index in [9.17, 15) is 0 Å². The smallest absolute Gasteiger partial charge is 0.142 e. The molecule has 1 unspecified atom stereocenters. The van der Waals surface area contributed by atoms with Crippen molar-refractivity contribution >= 4 is 23.1 Å². The van der Waals surface area contributed by atoms with Crippen molar-refractivity contribution in [1.82, 2.24) is 19.9 Å². The van der Waals surface area contributed by atoms with Crippen molar-refractivity contribution in [1.29, 1.82) is 5.41 Å². The first-order valence-electron chi connectivity index (χ1n) is 8.48. The van der Waals surface area contributed by atoms with Crippen molar-refractivity contribution in [3.05, 3.63) is 18.6 Å². The summed E-state index contributed by atoms with van der Waals surface area (Å²) in [5.41, 5.74) is 0.915. The van der Waals surface area contributed by atoms with E-state index in [-0.39, 0.29) is 0 Å². The van der Waals surface area contributed by atoms with Gasteiger partial charge in [-0.05, 0) is 43.4 Å². The van der Waals surface area contributed by atoms with Crippen LogP contribution in [0.2, 0.25) is 0 Å². The Morgan fingerprint density at radius 3 is 2.87 bits per heavy atom. The molecule has 1 saturated carbocycles. The number of rotatable bonds is 5. The lowest BCUT2D eigenvalue weighted by Gasteiger charge is -2.27. The second-order valence-electron chi connectivity index (χ2n) is 6.95. The number of aromatic amines is 1. The number of fused-ring (bicyclic) bond motifs is 2. The number of nitrogens with one attached hydrogen (secondary N) is 2. The monoisotopic (exact) mass is 312 g/mol. The lowest BCUT2D eigenvalue weighted by molar-refractivity contribution is 0.315. The molecular weight excluding hydrogens is 288 g/mol. The van der Waals surface area contributed by atoms with Gasteiger partial charge in [0.25, 0.3) is 0 Å². The average molecular weight is 312 g/mol. The highest BCUT2D eigenvalue weighted by Crippen LogP contribution is 2.41. The van der Waals surface area contributed by atoms with Gasteiger partial charge in [0.2, 0.25) is 0 Å². The zero-order chi connectivity index (χ0) is 15.8. The zero-order valence-corrected chi connectivity index (χ0v) is 13.6. The first-order valence-corrected chi connectivity index (χ1v) is 8.48. The predicted octanol–water partition coefficient (Wildman–Crippen LogP) is 2.14. The summed E-state index contributed by atoms with van der Waals surface area (Å²) in [5.74, 6) is 2.65. The van der Waals surface area contributed by atoms with E-state index in [1.165, 1.54) is 32.1 Å². The fraction of sp³-hybridized carbons (Fsp3) is 0.588. The number of hydrogen-bond acceptors (Lipinski definition) is 5. The van der Waals surface area contributed by atoms with Crippen LogP contribution in [-0.4, -0.2) is 58.8 Å². The molecule has 0 radical (unpaired) electrons. The van der Waals surface area contributed by atoms with Crippen LogP contribution >= 0.6 is 0 Å². The molecule has 0 spiro atoms. The molecule has 122 valence electrons. The topological polar surface area (TPSA) is 71.9 Å². The number of H-pyrrole nitrogens is 1. The van der Waals surface area contributed by atoms with Crippen LogP contribution in [0.1, 0.15) is 19.3 Å². The first kappa shape index (κ1) is 14.6. The minimum Gasteiger partial charge on any atom is -0.356 e. The Bertz CT molecular complexity index is 681. The van der Waals surface area contributed by atoms with Gasteiger partial charge < -0.3 is 20.2 Å². The van der Waals surface area contributed by atoms with Crippen molar-refractivity contribution in [2.24, 2.45) is 11.8 Å². The van der Waals surface area contributed by atoms with E-state index < -0.39 is 0 Å². The van der Waals surface area contributed by atoms with Gasteiger partial charge in [-0.3, -0.25) is 0 Å². The Balaban J connectivity index is 1.45. The third kappa shape index (κ3) is 2.61. The number of likely N-dealkylation sites (tertiary alicyclic amines) is 1. The quantitative estimate of drug-likeness (QED) is 0.830. The Morgan fingerprint density at radius 2 is 2.13 bits per heavy atom. The number of aromatic nitrogens is 3. The second-order valence-corrected chi connectivity index (χ2v) is 6.95. The molecule has 0 amide bonds. The van der Waals surface area contributed by atoms with Crippen LogP contribution in [0.15, 0.2) is 18.6 Å². The van der Waals surface area contributed by atoms with Crippen LogP contribution in [0.25, 0.3) is 11.0 Å². The van der Waals surface area contributed by atoms with E-state index in [0.29, 0.717) is 6.04 Å². The highest BCUT2D eigenvalue weighted by atomic mass is 15.2. The van der Waals surface area contributed by atoms with Crippen molar-refractivity contribution in [2.45, 2.75) is 25.3 Å². The molecule has 3 heterocycles. The summed E-state index contributed by atoms with van der Waals surface area (Å²) in [6.07, 6.45) is 8.49. The van der Waals surface area contributed by atoms with Gasteiger partial charge in [-0.2, -0.15) is 0 Å². The number of hydrogen-bond donors (Lipinski definition) is 2. The number of nitrogens with zero attached hydrogens (tertiary/aromatic N) is 4. The Labute approximate surface area is 136 Å². The van der Waals surface area contributed by atoms with Gasteiger partial charge in [0.15, 0.2) is 0 Å². The lowest BCUT2D eigenvalue weighted by atomic mass is 10.0. The lowest BCUT2D eigenvalue weighted by Crippen LogP contribution is -2.33. The largest absolute Gasteiger partial charge is 0.356 e. The zero-order valence-electron chi connectivity index (χ0n) is 13.6. The minimum atomic E-state index is 0.572. The third-order valence-corrected chi connectivity index (χ3v) is 5.61. The van der Waals surface area contributed by atoms with Gasteiger partial charge in [-0.25, -0.2) is 9.97 Å². The normalized spacial score (nSPS) is 27.4. The molecule has 1 saturated heterocycles. The Kier molecular flexibility index (Phi) is 3.77. The Morgan fingerprint density at radius 1 is 1.35 bits per heavy atom. The molecule has 2 aromatic heterocycles. The van der Waals surface area contributed by atoms with Crippen molar-refractivity contribution in [2.75, 3.05) is 31.6 Å². The fourth-order valence-corrected chi connectivity index (χ4v) is 4.42. The van der Waals surface area contributed by atoms with Gasteiger partial charge in [0, 0.05) is 38.9 Å². The molecule has 2 fully saturated rings. The molecule has 6 heteroatoms. The van der Waals surface area contributed by atoms with Crippen LogP contribution in [-0.2, 0) is 0 Å². The summed E-state index contributed by atoms with van der Waals surface area (Å²) in [6, 6.07) is 2.64. The summed E-state index contributed by atoms with van der Waals surface area (Å²) in [4.78, 5) is 16.9. The molecule has 6 nitrogen and oxygen atoms in total. The van der Waals surface area contributed by atoms with Crippen molar-refractivity contribution in [3.8, 4) is 0 Å². The molecular formula is C17H24N6. The van der Waals surface area contributed by atoms with Crippen LogP contribution in [0.4, 0.5) is 5.82 Å². The van der Waals surface area contributed by atoms with E-state index >= 15 is 0 Å². The summed E-state index contributed by atoms with van der Waals surface area (Å²) in [7, 11) is 2.17. The van der Waals surface area contributed by atoms with E-state index in [1.807, 2.05) is 6.20 Å². The molecule has 23 heavy (non-hydrogen) atoms. The van der Waals surface area contributed by atoms with Crippen LogP contribution in [0.3, 0.4) is 0 Å². The molecule has 1 aliphatic heterocycles. The molecule has 2 aromatic rings. The maximum absolute atomic E-state index is 7.19. The maximum Gasteiger partial charge on any atom is 0.142 e. The third-order valence-electron chi connectivity index (χ3n) is 5.61. The average Bonchev–Trinajstić information content (AvgIpc) is 3.25. The molecule has 2 N–H and O–H groups in total. The summed E-state index contributed by atoms with van der Waals surface area (Å²) < 4.78 is 0. The fourth-order valence-electron chi connectivity index (χ4n) is 4.42. The molecule has 2 aliphatic rings. The second kappa shape index (κ2) is 5.92. The summed E-state index contributed by atoms with van der Waals surface area (Å²) >= 11 is 0. The predicted molar refractivity (Wildman–Crippen MR) is 92.1 cm³/mol. The molecule has 3 atom stereocenters. The van der Waals surface area contributed by atoms with Crippen molar-refractivity contribution < 1.29 is 0 Å². The highest BCUT2D eigenvalue weighted by Gasteiger charge is 2.42. The van der Waals surface area contributed by atoms with Crippen LogP contribution < -0.4 is 4.90 Å². The van der Waals surface area contributed by atoms with E-state index in [0.717, 1.165) is 41.7 Å². The van der Waals surface area contributed by atoms with Crippen molar-refractivity contribution in [3.63, 3.8) is 0 Å². The van der Waals surface area contributed by atoms with Gasteiger partial charge in [-0.15, -0.1) is 0 Å². The van der Waals surface area contributed by atoms with Gasteiger partial charge in [0.1, 0.15) is 17.8 Å². The highest BCUT2D eigenvalue weighted by molar-refractivity contribution is 5.87. The van der Waals surface area contributed by atoms with E-state index in [2.05, 4.69) is 37.9 Å².